The van der Waals surface area contributed by atoms with Crippen LogP contribution in [-0.4, -0.2) is 40.9 Å². The van der Waals surface area contributed by atoms with E-state index in [4.69, 9.17) is 5.11 Å². The van der Waals surface area contributed by atoms with Gasteiger partial charge in [-0.2, -0.15) is 0 Å². The van der Waals surface area contributed by atoms with E-state index in [9.17, 15) is 9.59 Å². The molecule has 0 spiro atoms. The second kappa shape index (κ2) is 6.18. The van der Waals surface area contributed by atoms with E-state index in [2.05, 4.69) is 5.32 Å². The molecule has 1 atom stereocenters. The lowest BCUT2D eigenvalue weighted by molar-refractivity contribution is 0.0606. The molecule has 5 heteroatoms. The summed E-state index contributed by atoms with van der Waals surface area (Å²) in [6, 6.07) is 12.7. The van der Waals surface area contributed by atoms with Gasteiger partial charge in [-0.15, -0.1) is 0 Å². The van der Waals surface area contributed by atoms with Gasteiger partial charge in [0.15, 0.2) is 5.78 Å². The molecule has 2 aliphatic rings. The minimum Gasteiger partial charge on any atom is -0.395 e. The fourth-order valence-electron chi connectivity index (χ4n) is 3.48. The molecule has 2 N–H and O–H groups in total. The van der Waals surface area contributed by atoms with Crippen LogP contribution < -0.4 is 5.32 Å². The van der Waals surface area contributed by atoms with E-state index in [1.54, 1.807) is 17.0 Å². The minimum atomic E-state index is -0.555. The zero-order valence-electron chi connectivity index (χ0n) is 13.6. The number of nitrogens with one attached hydrogen (secondary N) is 1. The van der Waals surface area contributed by atoms with Crippen molar-refractivity contribution in [2.45, 2.75) is 12.6 Å². The SMILES string of the molecule is O=C1c2c3ccc(NCCO)c2C(=O)N(Cc2ccccc2)C1C=C3. The van der Waals surface area contributed by atoms with Crippen molar-refractivity contribution in [3.05, 3.63) is 70.8 Å². The first-order valence-electron chi connectivity index (χ1n) is 8.30. The lowest BCUT2D eigenvalue weighted by Crippen LogP contribution is -2.49. The number of nitrogens with zero attached hydrogens (tertiary/aromatic N) is 1. The molecule has 1 heterocycles. The molecule has 0 fully saturated rings. The molecule has 2 bridgehead atoms. The van der Waals surface area contributed by atoms with Crippen LogP contribution in [-0.2, 0) is 6.54 Å². The van der Waals surface area contributed by atoms with E-state index in [1.165, 1.54) is 0 Å². The summed E-state index contributed by atoms with van der Waals surface area (Å²) in [4.78, 5) is 27.7. The normalized spacial score (nSPS) is 17.8. The number of hydrogen-bond donors (Lipinski definition) is 2. The molecule has 2 aromatic carbocycles. The third-order valence-electron chi connectivity index (χ3n) is 4.64. The molecule has 0 radical (unpaired) electrons. The number of carbonyl (C=O) groups is 2. The highest BCUT2D eigenvalue weighted by Crippen LogP contribution is 2.36. The Morgan fingerprint density at radius 2 is 1.84 bits per heavy atom. The molecule has 25 heavy (non-hydrogen) atoms. The van der Waals surface area contributed by atoms with Gasteiger partial charge in [0.2, 0.25) is 0 Å². The summed E-state index contributed by atoms with van der Waals surface area (Å²) >= 11 is 0. The second-order valence-electron chi connectivity index (χ2n) is 6.19. The van der Waals surface area contributed by atoms with Crippen molar-refractivity contribution in [1.29, 1.82) is 0 Å². The van der Waals surface area contributed by atoms with E-state index in [-0.39, 0.29) is 18.3 Å². The van der Waals surface area contributed by atoms with E-state index >= 15 is 0 Å². The number of aliphatic hydroxyl groups is 1. The van der Waals surface area contributed by atoms with Crippen LogP contribution in [0, 0.1) is 0 Å². The van der Waals surface area contributed by atoms with Crippen LogP contribution in [0.4, 0.5) is 5.69 Å². The van der Waals surface area contributed by atoms with Crippen molar-refractivity contribution in [3.63, 3.8) is 0 Å². The highest BCUT2D eigenvalue weighted by molar-refractivity contribution is 6.21. The van der Waals surface area contributed by atoms with Crippen LogP contribution in [0.2, 0.25) is 0 Å². The monoisotopic (exact) mass is 334 g/mol. The van der Waals surface area contributed by atoms with Crippen molar-refractivity contribution in [3.8, 4) is 0 Å². The molecule has 1 unspecified atom stereocenters. The quantitative estimate of drug-likeness (QED) is 0.880. The minimum absolute atomic E-state index is 0.0457. The fraction of sp³-hybridized carbons (Fsp3) is 0.200. The van der Waals surface area contributed by atoms with Gasteiger partial charge in [0.05, 0.1) is 12.2 Å². The maximum atomic E-state index is 13.2. The Labute approximate surface area is 145 Å². The third-order valence-corrected chi connectivity index (χ3v) is 4.64. The molecule has 4 rings (SSSR count). The zero-order chi connectivity index (χ0) is 17.4. The first kappa shape index (κ1) is 15.6. The number of rotatable bonds is 5. The predicted molar refractivity (Wildman–Crippen MR) is 95.5 cm³/mol. The predicted octanol–water partition coefficient (Wildman–Crippen LogP) is 2.32. The standard InChI is InChI=1S/C20H18N2O3/c23-11-10-21-15-8-6-14-7-9-16-19(24)17(14)18(15)20(25)22(16)12-13-4-2-1-3-5-13/h1-9,16,21,23H,10-12H2. The Kier molecular flexibility index (Phi) is 3.86. The Morgan fingerprint density at radius 1 is 1.04 bits per heavy atom. The highest BCUT2D eigenvalue weighted by atomic mass is 16.3. The Hall–Kier alpha value is -2.92. The van der Waals surface area contributed by atoms with Gasteiger partial charge in [-0.3, -0.25) is 9.59 Å². The number of aliphatic hydroxyl groups excluding tert-OH is 1. The van der Waals surface area contributed by atoms with Crippen molar-refractivity contribution >= 4 is 23.5 Å². The van der Waals surface area contributed by atoms with E-state index < -0.39 is 6.04 Å². The summed E-state index contributed by atoms with van der Waals surface area (Å²) in [7, 11) is 0. The van der Waals surface area contributed by atoms with E-state index in [1.807, 2.05) is 42.5 Å². The average Bonchev–Trinajstić information content (AvgIpc) is 2.64. The van der Waals surface area contributed by atoms with Crippen LogP contribution in [0.15, 0.2) is 48.5 Å². The zero-order valence-corrected chi connectivity index (χ0v) is 13.6. The van der Waals surface area contributed by atoms with Crippen molar-refractivity contribution < 1.29 is 14.7 Å². The summed E-state index contributed by atoms with van der Waals surface area (Å²) in [6.07, 6.45) is 3.71. The molecular weight excluding hydrogens is 316 g/mol. The van der Waals surface area contributed by atoms with Gasteiger partial charge >= 0.3 is 0 Å². The summed E-state index contributed by atoms with van der Waals surface area (Å²) in [5.41, 5.74) is 3.25. The number of Topliss-reactive ketones (excluding diaryl/α,β-unsaturated/α-hetero) is 1. The lowest BCUT2D eigenvalue weighted by Gasteiger charge is -2.37. The van der Waals surface area contributed by atoms with Gasteiger partial charge in [-0.1, -0.05) is 48.6 Å². The topological polar surface area (TPSA) is 69.6 Å². The number of hydrogen-bond acceptors (Lipinski definition) is 4. The van der Waals surface area contributed by atoms with Gasteiger partial charge in [0.1, 0.15) is 6.04 Å². The first-order chi connectivity index (χ1) is 12.2. The molecule has 1 aliphatic heterocycles. The second-order valence-corrected chi connectivity index (χ2v) is 6.19. The maximum Gasteiger partial charge on any atom is 0.257 e. The molecule has 5 nitrogen and oxygen atoms in total. The van der Waals surface area contributed by atoms with Crippen molar-refractivity contribution in [2.24, 2.45) is 0 Å². The van der Waals surface area contributed by atoms with Gasteiger partial charge in [0, 0.05) is 24.3 Å². The Morgan fingerprint density at radius 3 is 2.60 bits per heavy atom. The van der Waals surface area contributed by atoms with Gasteiger partial charge in [-0.05, 0) is 17.2 Å². The summed E-state index contributed by atoms with van der Waals surface area (Å²) < 4.78 is 0. The van der Waals surface area contributed by atoms with Crippen molar-refractivity contribution in [2.75, 3.05) is 18.5 Å². The maximum absolute atomic E-state index is 13.2. The smallest absolute Gasteiger partial charge is 0.257 e. The Bertz CT molecular complexity index is 874. The van der Waals surface area contributed by atoms with Crippen LogP contribution in [0.1, 0.15) is 31.8 Å². The number of carbonyl (C=O) groups excluding carboxylic acids is 2. The molecule has 0 saturated heterocycles. The van der Waals surface area contributed by atoms with Crippen LogP contribution in [0.3, 0.4) is 0 Å². The van der Waals surface area contributed by atoms with Gasteiger partial charge in [-0.25, -0.2) is 0 Å². The van der Waals surface area contributed by atoms with Crippen LogP contribution >= 0.6 is 0 Å². The molecule has 1 aliphatic carbocycles. The average molecular weight is 334 g/mol. The highest BCUT2D eigenvalue weighted by Gasteiger charge is 2.41. The summed E-state index contributed by atoms with van der Waals surface area (Å²) in [5, 5.41) is 12.1. The number of anilines is 1. The number of benzene rings is 2. The molecule has 2 aromatic rings. The molecule has 126 valence electrons. The number of amides is 1. The van der Waals surface area contributed by atoms with Crippen LogP contribution in [0.25, 0.3) is 6.08 Å². The molecule has 0 saturated carbocycles. The number of ketones is 1. The Balaban J connectivity index is 1.79. The third kappa shape index (κ3) is 2.53. The first-order valence-corrected chi connectivity index (χ1v) is 8.30. The van der Waals surface area contributed by atoms with Crippen molar-refractivity contribution in [1.82, 2.24) is 4.90 Å². The largest absolute Gasteiger partial charge is 0.395 e. The molecular formula is C20H18N2O3. The van der Waals surface area contributed by atoms with E-state index in [0.29, 0.717) is 29.9 Å². The lowest BCUT2D eigenvalue weighted by atomic mass is 9.83. The molecule has 1 amide bonds. The van der Waals surface area contributed by atoms with Gasteiger partial charge < -0.3 is 15.3 Å². The molecule has 0 aromatic heterocycles. The number of fused-ring (bicyclic) bond motifs is 1. The summed E-state index contributed by atoms with van der Waals surface area (Å²) in [5.74, 6) is -0.203. The van der Waals surface area contributed by atoms with Crippen LogP contribution in [0.5, 0.6) is 0 Å². The summed E-state index contributed by atoms with van der Waals surface area (Å²) in [6.45, 7) is 0.656. The van der Waals surface area contributed by atoms with E-state index in [0.717, 1.165) is 11.1 Å². The van der Waals surface area contributed by atoms with Gasteiger partial charge in [0.25, 0.3) is 5.91 Å². The fourth-order valence-corrected chi connectivity index (χ4v) is 3.48.